The van der Waals surface area contributed by atoms with Crippen LogP contribution in [0, 0.1) is 5.41 Å². The Bertz CT molecular complexity index is 222. The van der Waals surface area contributed by atoms with Crippen molar-refractivity contribution in [3.8, 4) is 0 Å². The topological polar surface area (TPSA) is 52.6 Å². The summed E-state index contributed by atoms with van der Waals surface area (Å²) in [6.45, 7) is 5.17. The second kappa shape index (κ2) is 4.64. The van der Waals surface area contributed by atoms with Gasteiger partial charge in [-0.25, -0.2) is 4.79 Å². The second-order valence-corrected chi connectivity index (χ2v) is 3.48. The molecule has 0 rings (SSSR count). The maximum absolute atomic E-state index is 11.1. The number of hydrogen-bond donors (Lipinski definition) is 0. The summed E-state index contributed by atoms with van der Waals surface area (Å²) < 4.78 is 8.96. The fraction of sp³-hybridized carbons (Fsp3) is 0.556. The summed E-state index contributed by atoms with van der Waals surface area (Å²) in [5.74, 6) is -0.950. The third-order valence-electron chi connectivity index (χ3n) is 1.19. The first-order valence-electron chi connectivity index (χ1n) is 3.83. The van der Waals surface area contributed by atoms with Crippen LogP contribution < -0.4 is 0 Å². The molecule has 0 atom stereocenters. The summed E-state index contributed by atoms with van der Waals surface area (Å²) in [5.41, 5.74) is -0.569. The standard InChI is InChI=1S/C9H14O4/c1-9(2,3)8(11)13-6-5-7(10)12-4/h5-6H,1-4H3. The van der Waals surface area contributed by atoms with Crippen molar-refractivity contribution in [2.45, 2.75) is 20.8 Å². The Labute approximate surface area is 77.5 Å². The average Bonchev–Trinajstić information content (AvgIpc) is 2.02. The van der Waals surface area contributed by atoms with Crippen molar-refractivity contribution in [1.82, 2.24) is 0 Å². The molecule has 0 unspecified atom stereocenters. The predicted molar refractivity (Wildman–Crippen MR) is 46.7 cm³/mol. The van der Waals surface area contributed by atoms with E-state index in [0.29, 0.717) is 0 Å². The molecular weight excluding hydrogens is 172 g/mol. The molecule has 0 bridgehead atoms. The number of carbonyl (C=O) groups is 2. The van der Waals surface area contributed by atoms with Gasteiger partial charge >= 0.3 is 11.9 Å². The number of rotatable bonds is 2. The molecule has 0 N–H and O–H groups in total. The van der Waals surface area contributed by atoms with E-state index in [9.17, 15) is 9.59 Å². The van der Waals surface area contributed by atoms with Crippen LogP contribution in [-0.2, 0) is 19.1 Å². The van der Waals surface area contributed by atoms with E-state index in [0.717, 1.165) is 12.3 Å². The van der Waals surface area contributed by atoms with Gasteiger partial charge in [-0.15, -0.1) is 0 Å². The van der Waals surface area contributed by atoms with Crippen LogP contribution in [0.25, 0.3) is 0 Å². The number of ether oxygens (including phenoxy) is 2. The average molecular weight is 186 g/mol. The van der Waals surface area contributed by atoms with Gasteiger partial charge in [0.1, 0.15) is 6.26 Å². The summed E-state index contributed by atoms with van der Waals surface area (Å²) in [7, 11) is 1.25. The quantitative estimate of drug-likeness (QED) is 0.370. The van der Waals surface area contributed by atoms with E-state index in [1.54, 1.807) is 20.8 Å². The highest BCUT2D eigenvalue weighted by molar-refractivity contribution is 5.82. The molecule has 13 heavy (non-hydrogen) atoms. The normalized spacial score (nSPS) is 11.4. The van der Waals surface area contributed by atoms with Crippen LogP contribution in [-0.4, -0.2) is 19.0 Å². The molecule has 0 aliphatic rings. The molecule has 0 heterocycles. The zero-order valence-electron chi connectivity index (χ0n) is 8.29. The molecule has 4 nitrogen and oxygen atoms in total. The molecule has 4 heteroatoms. The fourth-order valence-electron chi connectivity index (χ4n) is 0.396. The number of hydrogen-bond acceptors (Lipinski definition) is 4. The minimum Gasteiger partial charge on any atom is -0.466 e. The van der Waals surface area contributed by atoms with Crippen molar-refractivity contribution in [2.75, 3.05) is 7.11 Å². The monoisotopic (exact) mass is 186 g/mol. The van der Waals surface area contributed by atoms with Crippen LogP contribution in [0.3, 0.4) is 0 Å². The molecule has 0 aromatic rings. The number of carbonyl (C=O) groups excluding carboxylic acids is 2. The van der Waals surface area contributed by atoms with E-state index in [2.05, 4.69) is 9.47 Å². The van der Waals surface area contributed by atoms with Crippen LogP contribution in [0.4, 0.5) is 0 Å². The van der Waals surface area contributed by atoms with Gasteiger partial charge in [-0.2, -0.15) is 0 Å². The lowest BCUT2D eigenvalue weighted by Crippen LogP contribution is -2.21. The van der Waals surface area contributed by atoms with E-state index in [4.69, 9.17) is 0 Å². The van der Waals surface area contributed by atoms with Crippen molar-refractivity contribution in [3.63, 3.8) is 0 Å². The van der Waals surface area contributed by atoms with Crippen molar-refractivity contribution < 1.29 is 19.1 Å². The largest absolute Gasteiger partial charge is 0.466 e. The Balaban J connectivity index is 3.97. The first kappa shape index (κ1) is 11.7. The Morgan fingerprint density at radius 2 is 1.77 bits per heavy atom. The first-order chi connectivity index (χ1) is 5.88. The van der Waals surface area contributed by atoms with Gasteiger partial charge in [-0.1, -0.05) is 0 Å². The molecule has 0 aliphatic heterocycles. The summed E-state index contributed by atoms with van der Waals surface area (Å²) in [5, 5.41) is 0. The SMILES string of the molecule is COC(=O)C=COC(=O)C(C)(C)C. The van der Waals surface area contributed by atoms with E-state index in [1.165, 1.54) is 7.11 Å². The molecule has 0 fully saturated rings. The number of esters is 2. The highest BCUT2D eigenvalue weighted by Gasteiger charge is 2.22. The Hall–Kier alpha value is -1.32. The Morgan fingerprint density at radius 3 is 2.15 bits per heavy atom. The summed E-state index contributed by atoms with van der Waals surface area (Å²) >= 11 is 0. The van der Waals surface area contributed by atoms with Gasteiger partial charge in [-0.05, 0) is 20.8 Å². The first-order valence-corrected chi connectivity index (χ1v) is 3.83. The van der Waals surface area contributed by atoms with Gasteiger partial charge in [0.15, 0.2) is 0 Å². The van der Waals surface area contributed by atoms with Crippen LogP contribution in [0.5, 0.6) is 0 Å². The van der Waals surface area contributed by atoms with Crippen molar-refractivity contribution in [3.05, 3.63) is 12.3 Å². The molecule has 0 aromatic carbocycles. The van der Waals surface area contributed by atoms with Gasteiger partial charge in [0.2, 0.25) is 0 Å². The van der Waals surface area contributed by atoms with Crippen molar-refractivity contribution in [1.29, 1.82) is 0 Å². The van der Waals surface area contributed by atoms with Crippen molar-refractivity contribution >= 4 is 11.9 Å². The molecule has 0 aliphatic carbocycles. The molecule has 0 amide bonds. The van der Waals surface area contributed by atoms with Gasteiger partial charge in [-0.3, -0.25) is 4.79 Å². The van der Waals surface area contributed by atoms with E-state index >= 15 is 0 Å². The maximum Gasteiger partial charge on any atom is 0.333 e. The predicted octanol–water partition coefficient (Wildman–Crippen LogP) is 1.26. The smallest absolute Gasteiger partial charge is 0.333 e. The van der Waals surface area contributed by atoms with Crippen LogP contribution in [0.15, 0.2) is 12.3 Å². The van der Waals surface area contributed by atoms with E-state index in [-0.39, 0.29) is 0 Å². The summed E-state index contributed by atoms with van der Waals surface area (Å²) in [4.78, 5) is 21.7. The molecule has 0 saturated heterocycles. The minimum absolute atomic E-state index is 0.396. The zero-order chi connectivity index (χ0) is 10.5. The summed E-state index contributed by atoms with van der Waals surface area (Å²) in [6.07, 6.45) is 2.07. The summed E-state index contributed by atoms with van der Waals surface area (Å²) in [6, 6.07) is 0. The van der Waals surface area contributed by atoms with Gasteiger partial charge in [0, 0.05) is 0 Å². The highest BCUT2D eigenvalue weighted by Crippen LogP contribution is 2.14. The van der Waals surface area contributed by atoms with E-state index < -0.39 is 17.4 Å². The lowest BCUT2D eigenvalue weighted by molar-refractivity contribution is -0.147. The molecule has 0 spiro atoms. The number of methoxy groups -OCH3 is 1. The van der Waals surface area contributed by atoms with Gasteiger partial charge in [0.05, 0.1) is 18.6 Å². The van der Waals surface area contributed by atoms with Crippen LogP contribution in [0.2, 0.25) is 0 Å². The lowest BCUT2D eigenvalue weighted by Gasteiger charge is -2.13. The third-order valence-corrected chi connectivity index (χ3v) is 1.19. The molecule has 0 saturated carbocycles. The minimum atomic E-state index is -0.569. The molecule has 74 valence electrons. The fourth-order valence-corrected chi connectivity index (χ4v) is 0.396. The third kappa shape index (κ3) is 5.00. The van der Waals surface area contributed by atoms with Crippen LogP contribution in [0.1, 0.15) is 20.8 Å². The maximum atomic E-state index is 11.1. The Morgan fingerprint density at radius 1 is 1.23 bits per heavy atom. The molecular formula is C9H14O4. The second-order valence-electron chi connectivity index (χ2n) is 3.48. The Kier molecular flexibility index (Phi) is 4.17. The molecule has 0 aromatic heterocycles. The lowest BCUT2D eigenvalue weighted by atomic mass is 9.98. The van der Waals surface area contributed by atoms with Crippen LogP contribution >= 0.6 is 0 Å². The highest BCUT2D eigenvalue weighted by atomic mass is 16.5. The van der Waals surface area contributed by atoms with E-state index in [1.807, 2.05) is 0 Å². The zero-order valence-corrected chi connectivity index (χ0v) is 8.29. The van der Waals surface area contributed by atoms with Gasteiger partial charge < -0.3 is 9.47 Å². The van der Waals surface area contributed by atoms with Gasteiger partial charge in [0.25, 0.3) is 0 Å². The molecule has 0 radical (unpaired) electrons. The van der Waals surface area contributed by atoms with Crippen molar-refractivity contribution in [2.24, 2.45) is 5.41 Å².